The number of hydrogen-bond donors (Lipinski definition) is 2. The van der Waals surface area contributed by atoms with Crippen molar-refractivity contribution in [3.63, 3.8) is 0 Å². The monoisotopic (exact) mass is 317 g/mol. The van der Waals surface area contributed by atoms with Gasteiger partial charge in [-0.05, 0) is 32.2 Å². The molecule has 1 aromatic heterocycles. The lowest BCUT2D eigenvalue weighted by Gasteiger charge is -2.07. The highest BCUT2D eigenvalue weighted by Crippen LogP contribution is 2.37. The minimum Gasteiger partial charge on any atom is -0.281 e. The summed E-state index contributed by atoms with van der Waals surface area (Å²) >= 11 is 3.02. The molecular weight excluding hydrogens is 302 g/mol. The third-order valence-electron chi connectivity index (χ3n) is 2.72. The molecule has 0 aliphatic heterocycles. The van der Waals surface area contributed by atoms with Gasteiger partial charge in [-0.15, -0.1) is 0 Å². The van der Waals surface area contributed by atoms with E-state index in [1.165, 1.54) is 11.8 Å². The van der Waals surface area contributed by atoms with Crippen molar-refractivity contribution in [2.45, 2.75) is 23.6 Å². The molecule has 0 unspecified atom stereocenters. The topological polar surface area (TPSA) is 76.9 Å². The molecule has 0 aliphatic carbocycles. The largest absolute Gasteiger partial charge is 0.281 e. The molecule has 0 saturated carbocycles. The van der Waals surface area contributed by atoms with Gasteiger partial charge in [0.05, 0.1) is 16.3 Å². The Morgan fingerprint density at radius 2 is 2.14 bits per heavy atom. The summed E-state index contributed by atoms with van der Waals surface area (Å²) in [7, 11) is 0. The standard InChI is InChI=1S/C14H15N5S2/c1-9-13(10(2)19-18-9)21-12-7-5-4-6-11(12)17-14(20-3)16-8-15/h4-7H,1-3H3,(H,16,17)(H,18,19). The lowest BCUT2D eigenvalue weighted by molar-refractivity contribution is 1.02. The van der Waals surface area contributed by atoms with Gasteiger partial charge in [0.1, 0.15) is 0 Å². The number of nitrogens with one attached hydrogen (secondary N) is 2. The summed E-state index contributed by atoms with van der Waals surface area (Å²) in [6.45, 7) is 3.97. The van der Waals surface area contributed by atoms with Crippen molar-refractivity contribution in [3.05, 3.63) is 35.7 Å². The molecule has 0 radical (unpaired) electrons. The van der Waals surface area contributed by atoms with Crippen LogP contribution in [0.15, 0.2) is 39.0 Å². The Bertz CT molecular complexity index is 680. The van der Waals surface area contributed by atoms with Gasteiger partial charge in [-0.3, -0.25) is 10.4 Å². The first-order valence-electron chi connectivity index (χ1n) is 6.22. The SMILES string of the molecule is CSC(=Nc1ccccc1Sc1c(C)n[nH]c1C)NC#N. The fraction of sp³-hybridized carbons (Fsp3) is 0.214. The minimum absolute atomic E-state index is 0.575. The van der Waals surface area contributed by atoms with Gasteiger partial charge in [0.15, 0.2) is 11.4 Å². The second-order valence-electron chi connectivity index (χ2n) is 4.19. The maximum absolute atomic E-state index is 8.72. The van der Waals surface area contributed by atoms with E-state index in [1.54, 1.807) is 11.8 Å². The van der Waals surface area contributed by atoms with E-state index in [1.807, 2.05) is 50.6 Å². The van der Waals surface area contributed by atoms with Crippen LogP contribution in [0.5, 0.6) is 0 Å². The van der Waals surface area contributed by atoms with Crippen LogP contribution in [0.4, 0.5) is 5.69 Å². The fourth-order valence-corrected chi connectivity index (χ4v) is 3.03. The first-order valence-corrected chi connectivity index (χ1v) is 8.26. The Morgan fingerprint density at radius 1 is 1.38 bits per heavy atom. The van der Waals surface area contributed by atoms with Crippen molar-refractivity contribution in [3.8, 4) is 6.19 Å². The average molecular weight is 317 g/mol. The number of para-hydroxylation sites is 1. The highest BCUT2D eigenvalue weighted by Gasteiger charge is 2.11. The summed E-state index contributed by atoms with van der Waals surface area (Å²) in [5.41, 5.74) is 2.84. The number of benzene rings is 1. The molecule has 0 atom stereocenters. The molecule has 21 heavy (non-hydrogen) atoms. The molecular formula is C14H15N5S2. The first-order chi connectivity index (χ1) is 10.2. The van der Waals surface area contributed by atoms with Gasteiger partial charge in [0.25, 0.3) is 0 Å². The molecule has 0 amide bonds. The molecule has 0 bridgehead atoms. The molecule has 0 fully saturated rings. The van der Waals surface area contributed by atoms with Crippen LogP contribution < -0.4 is 5.32 Å². The maximum atomic E-state index is 8.72. The van der Waals surface area contributed by atoms with Crippen LogP contribution in [-0.4, -0.2) is 21.6 Å². The molecule has 0 aliphatic rings. The number of nitriles is 1. The van der Waals surface area contributed by atoms with E-state index >= 15 is 0 Å². The smallest absolute Gasteiger partial charge is 0.183 e. The minimum atomic E-state index is 0.575. The van der Waals surface area contributed by atoms with Gasteiger partial charge >= 0.3 is 0 Å². The number of aromatic nitrogens is 2. The number of aryl methyl sites for hydroxylation is 2. The number of thioether (sulfide) groups is 1. The van der Waals surface area contributed by atoms with E-state index in [0.29, 0.717) is 5.17 Å². The summed E-state index contributed by atoms with van der Waals surface area (Å²) in [6.07, 6.45) is 3.78. The molecule has 5 nitrogen and oxygen atoms in total. The third-order valence-corrected chi connectivity index (χ3v) is 4.67. The molecule has 108 valence electrons. The number of nitrogens with zero attached hydrogens (tertiary/aromatic N) is 3. The summed E-state index contributed by atoms with van der Waals surface area (Å²) in [4.78, 5) is 6.63. The third kappa shape index (κ3) is 3.80. The van der Waals surface area contributed by atoms with E-state index < -0.39 is 0 Å². The van der Waals surface area contributed by atoms with Crippen LogP contribution in [0.25, 0.3) is 0 Å². The highest BCUT2D eigenvalue weighted by molar-refractivity contribution is 8.13. The zero-order valence-corrected chi connectivity index (χ0v) is 13.6. The van der Waals surface area contributed by atoms with Gasteiger partial charge in [0, 0.05) is 10.6 Å². The van der Waals surface area contributed by atoms with Gasteiger partial charge in [-0.25, -0.2) is 4.99 Å². The van der Waals surface area contributed by atoms with Gasteiger partial charge in [0.2, 0.25) is 0 Å². The van der Waals surface area contributed by atoms with Gasteiger partial charge in [-0.1, -0.05) is 35.7 Å². The maximum Gasteiger partial charge on any atom is 0.183 e. The van der Waals surface area contributed by atoms with Crippen LogP contribution >= 0.6 is 23.5 Å². The van der Waals surface area contributed by atoms with E-state index in [2.05, 4.69) is 20.5 Å². The lowest BCUT2D eigenvalue weighted by atomic mass is 10.3. The Kier molecular flexibility index (Phi) is 5.31. The number of H-pyrrole nitrogens is 1. The molecule has 0 saturated heterocycles. The highest BCUT2D eigenvalue weighted by atomic mass is 32.2. The number of amidine groups is 1. The lowest BCUT2D eigenvalue weighted by Crippen LogP contribution is -2.12. The van der Waals surface area contributed by atoms with Crippen molar-refractivity contribution in [1.82, 2.24) is 15.5 Å². The molecule has 2 aromatic rings. The number of rotatable bonds is 3. The normalized spacial score (nSPS) is 11.2. The van der Waals surface area contributed by atoms with E-state index in [0.717, 1.165) is 26.9 Å². The Labute approximate surface area is 132 Å². The van der Waals surface area contributed by atoms with E-state index in [-0.39, 0.29) is 0 Å². The first kappa shape index (κ1) is 15.5. The molecule has 0 spiro atoms. The van der Waals surface area contributed by atoms with Gasteiger partial charge < -0.3 is 0 Å². The number of aliphatic imine (C=N–C) groups is 1. The summed E-state index contributed by atoms with van der Waals surface area (Å²) in [5, 5.41) is 19.1. The van der Waals surface area contributed by atoms with Crippen LogP contribution in [0, 0.1) is 25.3 Å². The molecule has 7 heteroatoms. The fourth-order valence-electron chi connectivity index (χ4n) is 1.72. The van der Waals surface area contributed by atoms with Crippen molar-refractivity contribution < 1.29 is 0 Å². The summed E-state index contributed by atoms with van der Waals surface area (Å²) < 4.78 is 0. The van der Waals surface area contributed by atoms with Crippen molar-refractivity contribution in [1.29, 1.82) is 5.26 Å². The predicted molar refractivity (Wildman–Crippen MR) is 88.0 cm³/mol. The Hall–Kier alpha value is -1.91. The second-order valence-corrected chi connectivity index (χ2v) is 6.04. The van der Waals surface area contributed by atoms with Crippen LogP contribution in [-0.2, 0) is 0 Å². The zero-order chi connectivity index (χ0) is 15.2. The number of aromatic amines is 1. The number of hydrogen-bond acceptors (Lipinski definition) is 5. The van der Waals surface area contributed by atoms with Crippen molar-refractivity contribution in [2.24, 2.45) is 4.99 Å². The van der Waals surface area contributed by atoms with Crippen LogP contribution in [0.3, 0.4) is 0 Å². The van der Waals surface area contributed by atoms with E-state index in [4.69, 9.17) is 5.26 Å². The molecule has 2 N–H and O–H groups in total. The van der Waals surface area contributed by atoms with Crippen molar-refractivity contribution in [2.75, 3.05) is 6.26 Å². The van der Waals surface area contributed by atoms with Gasteiger partial charge in [-0.2, -0.15) is 10.4 Å². The second kappa shape index (κ2) is 7.20. The van der Waals surface area contributed by atoms with E-state index in [9.17, 15) is 0 Å². The molecule has 1 heterocycles. The Balaban J connectivity index is 2.36. The zero-order valence-electron chi connectivity index (χ0n) is 12.0. The average Bonchev–Trinajstić information content (AvgIpc) is 2.80. The molecule has 2 rings (SSSR count). The van der Waals surface area contributed by atoms with Crippen molar-refractivity contribution >= 4 is 34.4 Å². The van der Waals surface area contributed by atoms with Crippen LogP contribution in [0.2, 0.25) is 0 Å². The predicted octanol–water partition coefficient (Wildman–Crippen LogP) is 3.60. The van der Waals surface area contributed by atoms with Crippen LogP contribution in [0.1, 0.15) is 11.4 Å². The summed E-state index contributed by atoms with van der Waals surface area (Å²) in [6, 6.07) is 7.85. The Morgan fingerprint density at radius 3 is 2.76 bits per heavy atom. The quantitative estimate of drug-likeness (QED) is 0.391. The summed E-state index contributed by atoms with van der Waals surface area (Å²) in [5.74, 6) is 0. The molecule has 1 aromatic carbocycles.